The van der Waals surface area contributed by atoms with E-state index < -0.39 is 0 Å². The van der Waals surface area contributed by atoms with Gasteiger partial charge >= 0.3 is 5.97 Å². The fourth-order valence-corrected chi connectivity index (χ4v) is 3.52. The molecule has 0 aliphatic heterocycles. The summed E-state index contributed by atoms with van der Waals surface area (Å²) in [6.07, 6.45) is 0. The minimum Gasteiger partial charge on any atom is -0.465 e. The number of nitrogens with one attached hydrogen (secondary N) is 2. The fourth-order valence-electron chi connectivity index (χ4n) is 3.29. The molecule has 0 aliphatic rings. The van der Waals surface area contributed by atoms with Crippen LogP contribution in [0.4, 0.5) is 5.69 Å². The lowest BCUT2D eigenvalue weighted by Crippen LogP contribution is -2.33. The van der Waals surface area contributed by atoms with E-state index in [2.05, 4.69) is 41.8 Å². The lowest BCUT2D eigenvalue weighted by atomic mass is 9.95. The molecule has 1 atom stereocenters. The summed E-state index contributed by atoms with van der Waals surface area (Å²) in [7, 11) is 1.38. The van der Waals surface area contributed by atoms with Crippen molar-refractivity contribution >= 4 is 29.0 Å². The maximum absolute atomic E-state index is 12.0. The van der Waals surface area contributed by atoms with Crippen LogP contribution >= 0.6 is 12.2 Å². The van der Waals surface area contributed by atoms with Crippen LogP contribution in [0, 0.1) is 13.8 Å². The van der Waals surface area contributed by atoms with Gasteiger partial charge in [-0.05, 0) is 60.5 Å². The van der Waals surface area contributed by atoms with Crippen LogP contribution in [0.1, 0.15) is 38.7 Å². The molecule has 0 bridgehead atoms. The lowest BCUT2D eigenvalue weighted by molar-refractivity contribution is 0.0600. The van der Waals surface area contributed by atoms with Crippen molar-refractivity contribution in [1.82, 2.24) is 5.32 Å². The maximum atomic E-state index is 12.0. The van der Waals surface area contributed by atoms with E-state index in [-0.39, 0.29) is 12.0 Å². The number of esters is 1. The SMILES string of the molecule is COC(=O)c1cccc(NC(=S)N[C@@H](c2ccccc2)c2ccccc2C)c1C. The molecule has 0 amide bonds. The summed E-state index contributed by atoms with van der Waals surface area (Å²) in [6, 6.07) is 23.8. The zero-order valence-corrected chi connectivity index (χ0v) is 17.5. The summed E-state index contributed by atoms with van der Waals surface area (Å²) in [6.45, 7) is 3.96. The number of thiocarbonyl (C=S) groups is 1. The molecule has 0 radical (unpaired) electrons. The first-order valence-electron chi connectivity index (χ1n) is 9.37. The van der Waals surface area contributed by atoms with Crippen LogP contribution < -0.4 is 10.6 Å². The third-order valence-electron chi connectivity index (χ3n) is 4.90. The van der Waals surface area contributed by atoms with Gasteiger partial charge in [0.1, 0.15) is 0 Å². The zero-order chi connectivity index (χ0) is 20.8. The first-order valence-corrected chi connectivity index (χ1v) is 9.78. The Morgan fingerprint density at radius 3 is 2.31 bits per heavy atom. The number of aryl methyl sites for hydroxylation is 1. The summed E-state index contributed by atoms with van der Waals surface area (Å²) in [4.78, 5) is 12.0. The molecule has 29 heavy (non-hydrogen) atoms. The highest BCUT2D eigenvalue weighted by molar-refractivity contribution is 7.80. The topological polar surface area (TPSA) is 50.4 Å². The van der Waals surface area contributed by atoms with Gasteiger partial charge in [-0.15, -0.1) is 0 Å². The largest absolute Gasteiger partial charge is 0.465 e. The summed E-state index contributed by atoms with van der Waals surface area (Å²) in [5, 5.41) is 7.14. The quantitative estimate of drug-likeness (QED) is 0.454. The number of hydrogen-bond donors (Lipinski definition) is 2. The van der Waals surface area contributed by atoms with Crippen molar-refractivity contribution in [3.05, 3.63) is 101 Å². The van der Waals surface area contributed by atoms with E-state index in [4.69, 9.17) is 17.0 Å². The number of methoxy groups -OCH3 is 1. The minimum absolute atomic E-state index is 0.0958. The number of anilines is 1. The van der Waals surface area contributed by atoms with Crippen molar-refractivity contribution in [3.8, 4) is 0 Å². The molecule has 5 heteroatoms. The Morgan fingerprint density at radius 1 is 0.931 bits per heavy atom. The highest BCUT2D eigenvalue weighted by Gasteiger charge is 2.18. The molecule has 3 aromatic carbocycles. The highest BCUT2D eigenvalue weighted by atomic mass is 32.1. The van der Waals surface area contributed by atoms with Crippen molar-refractivity contribution in [2.75, 3.05) is 12.4 Å². The first-order chi connectivity index (χ1) is 14.0. The second kappa shape index (κ2) is 9.34. The van der Waals surface area contributed by atoms with Crippen molar-refractivity contribution in [1.29, 1.82) is 0 Å². The van der Waals surface area contributed by atoms with Crippen molar-refractivity contribution in [2.45, 2.75) is 19.9 Å². The van der Waals surface area contributed by atoms with E-state index in [1.807, 2.05) is 43.3 Å². The maximum Gasteiger partial charge on any atom is 0.338 e. The van der Waals surface area contributed by atoms with Crippen LogP contribution in [0.25, 0.3) is 0 Å². The van der Waals surface area contributed by atoms with Gasteiger partial charge < -0.3 is 15.4 Å². The molecule has 0 saturated carbocycles. The van der Waals surface area contributed by atoms with E-state index in [0.717, 1.165) is 22.4 Å². The van der Waals surface area contributed by atoms with Gasteiger partial charge in [-0.1, -0.05) is 60.7 Å². The Labute approximate surface area is 176 Å². The molecule has 0 unspecified atom stereocenters. The first kappa shape index (κ1) is 20.6. The van der Waals surface area contributed by atoms with Crippen LogP contribution in [0.5, 0.6) is 0 Å². The summed E-state index contributed by atoms with van der Waals surface area (Å²) >= 11 is 5.61. The molecule has 0 spiro atoms. The predicted molar refractivity (Wildman–Crippen MR) is 121 cm³/mol. The van der Waals surface area contributed by atoms with Crippen LogP contribution in [-0.2, 0) is 4.74 Å². The van der Waals surface area contributed by atoms with Crippen molar-refractivity contribution in [2.24, 2.45) is 0 Å². The Morgan fingerprint density at radius 2 is 1.62 bits per heavy atom. The molecule has 0 aliphatic carbocycles. The standard InChI is InChI=1S/C24H24N2O2S/c1-16-10-7-8-13-19(16)22(18-11-5-4-6-12-18)26-24(29)25-21-15-9-14-20(17(21)2)23(27)28-3/h4-15,22H,1-3H3,(H2,25,26,29)/t22-/m0/s1. The van der Waals surface area contributed by atoms with Gasteiger partial charge in [0.2, 0.25) is 0 Å². The monoisotopic (exact) mass is 404 g/mol. The van der Waals surface area contributed by atoms with Gasteiger partial charge in [0, 0.05) is 5.69 Å². The zero-order valence-electron chi connectivity index (χ0n) is 16.7. The molecule has 148 valence electrons. The smallest absolute Gasteiger partial charge is 0.338 e. The molecule has 0 heterocycles. The molecule has 2 N–H and O–H groups in total. The average molecular weight is 405 g/mol. The Balaban J connectivity index is 1.87. The van der Waals surface area contributed by atoms with Crippen LogP contribution in [0.15, 0.2) is 72.8 Å². The van der Waals surface area contributed by atoms with Gasteiger partial charge in [-0.3, -0.25) is 0 Å². The number of hydrogen-bond acceptors (Lipinski definition) is 3. The molecule has 0 aromatic heterocycles. The van der Waals surface area contributed by atoms with Gasteiger partial charge in [-0.2, -0.15) is 0 Å². The number of ether oxygens (including phenoxy) is 1. The third-order valence-corrected chi connectivity index (χ3v) is 5.12. The van der Waals surface area contributed by atoms with E-state index in [0.29, 0.717) is 10.7 Å². The van der Waals surface area contributed by atoms with Crippen LogP contribution in [0.3, 0.4) is 0 Å². The molecular formula is C24H24N2O2S. The molecular weight excluding hydrogens is 380 g/mol. The second-order valence-corrected chi connectivity index (χ2v) is 7.18. The van der Waals surface area contributed by atoms with Crippen LogP contribution in [0.2, 0.25) is 0 Å². The molecule has 3 rings (SSSR count). The summed E-state index contributed by atoms with van der Waals surface area (Å²) in [5.74, 6) is -0.368. The molecule has 4 nitrogen and oxygen atoms in total. The third kappa shape index (κ3) is 4.81. The van der Waals surface area contributed by atoms with E-state index in [1.165, 1.54) is 12.7 Å². The normalized spacial score (nSPS) is 11.4. The summed E-state index contributed by atoms with van der Waals surface area (Å²) < 4.78 is 4.86. The minimum atomic E-state index is -0.368. The molecule has 3 aromatic rings. The number of rotatable bonds is 5. The van der Waals surface area contributed by atoms with Gasteiger partial charge in [0.15, 0.2) is 5.11 Å². The van der Waals surface area contributed by atoms with Crippen LogP contribution in [-0.4, -0.2) is 18.2 Å². The number of carbonyl (C=O) groups excluding carboxylic acids is 1. The van der Waals surface area contributed by atoms with Gasteiger partial charge in [-0.25, -0.2) is 4.79 Å². The van der Waals surface area contributed by atoms with Crippen molar-refractivity contribution < 1.29 is 9.53 Å². The molecule has 0 saturated heterocycles. The van der Waals surface area contributed by atoms with E-state index >= 15 is 0 Å². The Kier molecular flexibility index (Phi) is 6.62. The Hall–Kier alpha value is -3.18. The average Bonchev–Trinajstić information content (AvgIpc) is 2.74. The fraction of sp³-hybridized carbons (Fsp3) is 0.167. The van der Waals surface area contributed by atoms with E-state index in [1.54, 1.807) is 12.1 Å². The number of carbonyl (C=O) groups is 1. The van der Waals surface area contributed by atoms with Gasteiger partial charge in [0.05, 0.1) is 18.7 Å². The van der Waals surface area contributed by atoms with Gasteiger partial charge in [0.25, 0.3) is 0 Å². The van der Waals surface area contributed by atoms with Crippen molar-refractivity contribution in [3.63, 3.8) is 0 Å². The lowest BCUT2D eigenvalue weighted by Gasteiger charge is -2.24. The second-order valence-electron chi connectivity index (χ2n) is 6.77. The van der Waals surface area contributed by atoms with E-state index in [9.17, 15) is 4.79 Å². The molecule has 0 fully saturated rings. The summed E-state index contributed by atoms with van der Waals surface area (Å²) in [5.41, 5.74) is 5.52. The predicted octanol–water partition coefficient (Wildman–Crippen LogP) is 5.17. The highest BCUT2D eigenvalue weighted by Crippen LogP contribution is 2.25. The Bertz CT molecular complexity index is 1020. The number of benzene rings is 3.